The Hall–Kier alpha value is -1.48. The van der Waals surface area contributed by atoms with E-state index in [2.05, 4.69) is 128 Å². The van der Waals surface area contributed by atoms with E-state index in [-0.39, 0.29) is 62.9 Å². The summed E-state index contributed by atoms with van der Waals surface area (Å²) in [6.07, 6.45) is 22.9. The van der Waals surface area contributed by atoms with Crippen molar-refractivity contribution < 1.29 is 28.4 Å². The minimum Gasteiger partial charge on any atom is -0.452 e. The first-order chi connectivity index (χ1) is 49.6. The number of rotatable bonds is 0. The molecular formula is C85H108Br4Cl4O6S6. The van der Waals surface area contributed by atoms with Crippen molar-refractivity contribution in [3.05, 3.63) is 166 Å². The minimum absolute atomic E-state index is 0.0142. The molecule has 576 valence electrons. The zero-order chi connectivity index (χ0) is 76.0. The molecule has 3 heterocycles. The highest BCUT2D eigenvalue weighted by atomic mass is 79.9. The van der Waals surface area contributed by atoms with Crippen molar-refractivity contribution in [2.75, 3.05) is 0 Å². The molecule has 3 aliphatic heterocycles. The molecule has 6 nitrogen and oxygen atoms in total. The Kier molecular flexibility index (Phi) is 31.2. The molecule has 0 radical (unpaired) electrons. The molecule has 6 aliphatic rings. The SMILES string of the molecule is C=S1Cc2cc(Br)cc(Br)c2OC(C)(C)Oc2c(Br)cc(Br)cc2CS(=C)C2CCCCCCC21.C=S1Cc2cc(C)cc(C)c2OC(C)(C)Oc2c(C)cc(C)cc2CS(=C)C2CCCCCCC21.C=S1Cc2cc(Cl)cc(Cl)c2OC(C)(C)Oc2c(Cl)cc(Cl)cc2CS(=C)C2CCCCCCC21. The molecule has 3 saturated carbocycles. The maximum absolute atomic E-state index is 6.72. The van der Waals surface area contributed by atoms with Crippen molar-refractivity contribution in [1.82, 2.24) is 0 Å². The zero-order valence-electron chi connectivity index (χ0n) is 63.0. The number of hydrogen-bond acceptors (Lipinski definition) is 6. The molecule has 12 rings (SSSR count). The summed E-state index contributed by atoms with van der Waals surface area (Å²) in [5, 5.41) is 5.41. The first-order valence-corrected chi connectivity index (χ1v) is 51.3. The van der Waals surface area contributed by atoms with Gasteiger partial charge in [0, 0.05) is 160 Å². The molecule has 0 saturated heterocycles. The molecule has 0 N–H and O–H groups in total. The Bertz CT molecular complexity index is 3600. The molecule has 6 aromatic rings. The van der Waals surface area contributed by atoms with Crippen molar-refractivity contribution in [1.29, 1.82) is 0 Å². The van der Waals surface area contributed by atoms with Crippen LogP contribution in [0.25, 0.3) is 0 Å². The molecule has 0 aromatic heterocycles. The van der Waals surface area contributed by atoms with E-state index in [0.717, 1.165) is 99.4 Å². The Morgan fingerprint density at radius 1 is 0.305 bits per heavy atom. The lowest BCUT2D eigenvalue weighted by molar-refractivity contribution is -0.0832. The first kappa shape index (κ1) is 85.9. The fourth-order valence-corrected chi connectivity index (χ4v) is 34.0. The Morgan fingerprint density at radius 2 is 0.533 bits per heavy atom. The summed E-state index contributed by atoms with van der Waals surface area (Å²) in [4.78, 5) is 0. The number of ether oxygens (including phenoxy) is 6. The molecule has 0 spiro atoms. The summed E-state index contributed by atoms with van der Waals surface area (Å²) < 4.78 is 43.5. The predicted octanol–water partition coefficient (Wildman–Crippen LogP) is 29.1. The van der Waals surface area contributed by atoms with Crippen LogP contribution in [0.5, 0.6) is 34.5 Å². The topological polar surface area (TPSA) is 55.4 Å². The van der Waals surface area contributed by atoms with E-state index < -0.39 is 17.4 Å². The lowest BCUT2D eigenvalue weighted by Gasteiger charge is -2.34. The van der Waals surface area contributed by atoms with Gasteiger partial charge in [0.1, 0.15) is 34.5 Å². The van der Waals surface area contributed by atoms with Crippen LogP contribution in [0.2, 0.25) is 20.1 Å². The summed E-state index contributed by atoms with van der Waals surface area (Å²) in [6, 6.07) is 24.9. The highest BCUT2D eigenvalue weighted by molar-refractivity contribution is 9.11. The molecule has 3 fully saturated rings. The molecule has 3 aliphatic carbocycles. The van der Waals surface area contributed by atoms with Gasteiger partial charge in [0.05, 0.1) is 19.0 Å². The quantitative estimate of drug-likeness (QED) is 0.141. The van der Waals surface area contributed by atoms with Crippen LogP contribution in [0.3, 0.4) is 0 Å². The molecule has 12 unspecified atom stereocenters. The van der Waals surface area contributed by atoms with E-state index in [4.69, 9.17) is 110 Å². The lowest BCUT2D eigenvalue weighted by atomic mass is 10.00. The smallest absolute Gasteiger partial charge is 0.245 e. The molecule has 105 heavy (non-hydrogen) atoms. The van der Waals surface area contributed by atoms with Crippen molar-refractivity contribution in [3.8, 4) is 34.5 Å². The largest absolute Gasteiger partial charge is 0.452 e. The van der Waals surface area contributed by atoms with Gasteiger partial charge in [-0.05, 0) is 158 Å². The van der Waals surface area contributed by atoms with Gasteiger partial charge in [0.15, 0.2) is 0 Å². The molecule has 12 atom stereocenters. The van der Waals surface area contributed by atoms with Crippen molar-refractivity contribution in [2.45, 2.75) is 268 Å². The molecule has 0 amide bonds. The average Bonchev–Trinajstić information content (AvgIpc) is 1.79. The first-order valence-electron chi connectivity index (χ1n) is 36.8. The van der Waals surface area contributed by atoms with Gasteiger partial charge in [-0.2, -0.15) is 62.9 Å². The van der Waals surface area contributed by atoms with Crippen molar-refractivity contribution in [2.24, 2.45) is 0 Å². The van der Waals surface area contributed by atoms with E-state index >= 15 is 0 Å². The second-order valence-corrected chi connectivity index (χ2v) is 47.8. The third kappa shape index (κ3) is 23.2. The Labute approximate surface area is 698 Å². The normalized spacial score (nSPS) is 27.1. The monoisotopic (exact) mass is 1870 g/mol. The maximum Gasteiger partial charge on any atom is 0.245 e. The van der Waals surface area contributed by atoms with Gasteiger partial charge in [0.2, 0.25) is 17.4 Å². The van der Waals surface area contributed by atoms with Crippen LogP contribution < -0.4 is 28.4 Å². The number of fused-ring (bicyclic) bond motifs is 9. The van der Waals surface area contributed by atoms with Gasteiger partial charge in [0.25, 0.3) is 0 Å². The second-order valence-electron chi connectivity index (χ2n) is 30.8. The highest BCUT2D eigenvalue weighted by Crippen LogP contribution is 2.53. The lowest BCUT2D eigenvalue weighted by Crippen LogP contribution is -2.36. The number of halogens is 8. The van der Waals surface area contributed by atoms with Crippen LogP contribution >= 0.6 is 173 Å². The van der Waals surface area contributed by atoms with E-state index in [9.17, 15) is 0 Å². The van der Waals surface area contributed by atoms with Crippen LogP contribution in [0.4, 0.5) is 0 Å². The maximum atomic E-state index is 6.72. The van der Waals surface area contributed by atoms with E-state index in [0.29, 0.717) is 63.1 Å². The van der Waals surface area contributed by atoms with E-state index in [1.807, 2.05) is 65.8 Å². The fraction of sp³-hybridized carbons (Fsp3) is 0.506. The van der Waals surface area contributed by atoms with Crippen LogP contribution in [0.15, 0.2) is 90.7 Å². The summed E-state index contributed by atoms with van der Waals surface area (Å²) in [5.74, 6) is 35.9. The Balaban J connectivity index is 0.000000169. The van der Waals surface area contributed by atoms with Crippen molar-refractivity contribution >= 4 is 208 Å². The number of benzene rings is 6. The summed E-state index contributed by atoms with van der Waals surface area (Å²) in [7, 11) is -0.374. The van der Waals surface area contributed by atoms with Crippen LogP contribution in [0, 0.1) is 27.7 Å². The standard InChI is InChI=1S/C31H44O2S2.C27H32Br4O2S2.C27H32Cl4O2S2/c1-21-15-23(3)29-25(17-21)19-34(7)27-13-11-9-10-12-14-28(27)35(8)20-26-18-22(2)16-24(4)30(26)33-31(5,6)32-29;2*1-27(2)32-25-17(11-19(28)13-21(25)30)15-34(3)23-9-7-5-6-8-10-24(23)35(4)16-18-12-20(29)14-22(31)26(18)33-27/h15-18,27-28H,7-14,19-20H2,1-6H3;2*11-14,23-24H,3-10,15-16H2,1-2H3. The van der Waals surface area contributed by atoms with Crippen LogP contribution in [-0.2, 0) is 34.5 Å². The summed E-state index contributed by atoms with van der Waals surface area (Å²) >= 11 is 41.1. The molecular weight excluding hydrogens is 1770 g/mol. The molecule has 0 bridgehead atoms. The second kappa shape index (κ2) is 38.1. The van der Waals surface area contributed by atoms with Gasteiger partial charge in [-0.25, -0.2) is 0 Å². The van der Waals surface area contributed by atoms with Gasteiger partial charge < -0.3 is 28.4 Å². The van der Waals surface area contributed by atoms with E-state index in [1.165, 1.54) is 147 Å². The summed E-state index contributed by atoms with van der Waals surface area (Å²) in [5.41, 5.74) is 11.7. The van der Waals surface area contributed by atoms with E-state index in [1.54, 1.807) is 12.1 Å². The fourth-order valence-electron chi connectivity index (χ4n) is 15.8. The average molecular weight is 1880 g/mol. The van der Waals surface area contributed by atoms with Crippen molar-refractivity contribution in [3.63, 3.8) is 0 Å². The summed E-state index contributed by atoms with van der Waals surface area (Å²) in [6.45, 7) is 20.5. The van der Waals surface area contributed by atoms with Crippen LogP contribution in [-0.4, -0.2) is 84.1 Å². The minimum atomic E-state index is -1.05. The van der Waals surface area contributed by atoms with Gasteiger partial charge in [-0.3, -0.25) is 0 Å². The predicted molar refractivity (Wildman–Crippen MR) is 491 cm³/mol. The number of aryl methyl sites for hydroxylation is 4. The zero-order valence-corrected chi connectivity index (χ0v) is 77.3. The highest BCUT2D eigenvalue weighted by Gasteiger charge is 2.37. The molecule has 6 aromatic carbocycles. The van der Waals surface area contributed by atoms with Crippen LogP contribution in [0.1, 0.15) is 213 Å². The van der Waals surface area contributed by atoms with Gasteiger partial charge in [-0.15, -0.1) is 0 Å². The molecule has 20 heteroatoms. The van der Waals surface area contributed by atoms with Gasteiger partial charge in [-0.1, -0.05) is 226 Å². The third-order valence-electron chi connectivity index (χ3n) is 20.5. The third-order valence-corrected chi connectivity index (χ3v) is 36.7. The van der Waals surface area contributed by atoms with Gasteiger partial charge >= 0.3 is 0 Å². The number of hydrogen-bond donors (Lipinski definition) is 0. The Morgan fingerprint density at radius 3 is 0.800 bits per heavy atom.